The van der Waals surface area contributed by atoms with Gasteiger partial charge in [-0.1, -0.05) is 141 Å². The summed E-state index contributed by atoms with van der Waals surface area (Å²) in [6.45, 7) is 4.63. The zero-order chi connectivity index (χ0) is 31.5. The molecule has 0 amide bonds. The van der Waals surface area contributed by atoms with E-state index in [0.717, 1.165) is 67.1 Å². The Bertz CT molecular complexity index is 2480. The molecule has 1 aliphatic rings. The molecule has 2 aromatic heterocycles. The predicted molar refractivity (Wildman–Crippen MR) is 192 cm³/mol. The first-order valence-electron chi connectivity index (χ1n) is 16.0. The number of para-hydroxylation sites is 2. The maximum atomic E-state index is 5.25. The first-order valence-corrected chi connectivity index (χ1v) is 16.0. The smallest absolute Gasteiger partial charge is 0.161 e. The van der Waals surface area contributed by atoms with E-state index in [0.29, 0.717) is 0 Å². The summed E-state index contributed by atoms with van der Waals surface area (Å²) >= 11 is 0. The van der Waals surface area contributed by atoms with E-state index in [2.05, 4.69) is 123 Å². The van der Waals surface area contributed by atoms with E-state index < -0.39 is 0 Å². The van der Waals surface area contributed by atoms with Crippen molar-refractivity contribution in [1.29, 1.82) is 0 Å². The second-order valence-corrected chi connectivity index (χ2v) is 12.7. The van der Waals surface area contributed by atoms with Crippen LogP contribution in [0.2, 0.25) is 0 Å². The molecule has 0 N–H and O–H groups in total. The third kappa shape index (κ3) is 4.37. The van der Waals surface area contributed by atoms with Gasteiger partial charge in [-0.15, -0.1) is 0 Å². The number of nitrogens with zero attached hydrogens (tertiary/aromatic N) is 4. The van der Waals surface area contributed by atoms with Crippen LogP contribution in [0.1, 0.15) is 25.0 Å². The molecular formula is C43H30N4. The normalized spacial score (nSPS) is 13.1. The monoisotopic (exact) mass is 602 g/mol. The van der Waals surface area contributed by atoms with Gasteiger partial charge < -0.3 is 0 Å². The van der Waals surface area contributed by atoms with Crippen molar-refractivity contribution in [2.45, 2.75) is 19.3 Å². The minimum Gasteiger partial charge on any atom is -0.228 e. The van der Waals surface area contributed by atoms with Crippen molar-refractivity contribution < 1.29 is 0 Å². The fraction of sp³-hybridized carbons (Fsp3) is 0.0698. The van der Waals surface area contributed by atoms with Gasteiger partial charge >= 0.3 is 0 Å². The molecule has 6 aromatic carbocycles. The molecule has 2 heterocycles. The Balaban J connectivity index is 1.24. The molecule has 9 rings (SSSR count). The van der Waals surface area contributed by atoms with Gasteiger partial charge in [0, 0.05) is 38.4 Å². The molecule has 0 saturated carbocycles. The molecule has 0 spiro atoms. The van der Waals surface area contributed by atoms with Crippen molar-refractivity contribution in [2.24, 2.45) is 0 Å². The van der Waals surface area contributed by atoms with Gasteiger partial charge in [0.15, 0.2) is 11.6 Å². The maximum Gasteiger partial charge on any atom is 0.161 e. The van der Waals surface area contributed by atoms with Gasteiger partial charge in [-0.25, -0.2) is 19.9 Å². The van der Waals surface area contributed by atoms with Gasteiger partial charge in [-0.2, -0.15) is 0 Å². The standard InChI is InChI=1S/C43H30N4/c1-43(2)34-21-13-20-33(42-45-37-23-12-9-18-31(37)39(47-42)27-14-5-3-6-15-27)38(34)30-25-24-29(26-35(30)43)40-32-19-10-11-22-36(32)44-41(46-40)28-16-7-4-8-17-28/h3-26H,1-2H3. The molecule has 47 heavy (non-hydrogen) atoms. The van der Waals surface area contributed by atoms with Crippen LogP contribution in [0.25, 0.3) is 78.2 Å². The summed E-state index contributed by atoms with van der Waals surface area (Å²) in [6.07, 6.45) is 0. The van der Waals surface area contributed by atoms with Crippen LogP contribution in [-0.2, 0) is 5.41 Å². The van der Waals surface area contributed by atoms with Crippen LogP contribution in [0.3, 0.4) is 0 Å². The van der Waals surface area contributed by atoms with E-state index in [1.54, 1.807) is 0 Å². The summed E-state index contributed by atoms with van der Waals surface area (Å²) in [5.41, 5.74) is 12.7. The van der Waals surface area contributed by atoms with Crippen LogP contribution in [0.15, 0.2) is 146 Å². The van der Waals surface area contributed by atoms with Crippen molar-refractivity contribution in [3.05, 3.63) is 157 Å². The fourth-order valence-corrected chi connectivity index (χ4v) is 7.15. The number of hydrogen-bond acceptors (Lipinski definition) is 4. The molecule has 4 nitrogen and oxygen atoms in total. The van der Waals surface area contributed by atoms with Crippen LogP contribution < -0.4 is 0 Å². The zero-order valence-corrected chi connectivity index (χ0v) is 26.1. The maximum absolute atomic E-state index is 5.25. The highest BCUT2D eigenvalue weighted by Crippen LogP contribution is 2.53. The van der Waals surface area contributed by atoms with Crippen molar-refractivity contribution in [1.82, 2.24) is 19.9 Å². The van der Waals surface area contributed by atoms with Crippen LogP contribution in [0.4, 0.5) is 0 Å². The Kier molecular flexibility index (Phi) is 6.12. The Morgan fingerprint density at radius 3 is 1.68 bits per heavy atom. The van der Waals surface area contributed by atoms with Gasteiger partial charge in [0.25, 0.3) is 0 Å². The Labute approximate surface area is 273 Å². The average Bonchev–Trinajstić information content (AvgIpc) is 3.37. The lowest BCUT2D eigenvalue weighted by molar-refractivity contribution is 0.660. The molecule has 0 unspecified atom stereocenters. The lowest BCUT2D eigenvalue weighted by atomic mass is 9.81. The van der Waals surface area contributed by atoms with Gasteiger partial charge in [-0.05, 0) is 40.5 Å². The molecule has 8 aromatic rings. The molecular weight excluding hydrogens is 573 g/mol. The fourth-order valence-electron chi connectivity index (χ4n) is 7.15. The minimum atomic E-state index is -0.235. The lowest BCUT2D eigenvalue weighted by Gasteiger charge is -2.22. The van der Waals surface area contributed by atoms with E-state index in [1.807, 2.05) is 36.4 Å². The molecule has 0 fully saturated rings. The quantitative estimate of drug-likeness (QED) is 0.201. The topological polar surface area (TPSA) is 51.6 Å². The van der Waals surface area contributed by atoms with Crippen LogP contribution in [-0.4, -0.2) is 19.9 Å². The molecule has 0 saturated heterocycles. The van der Waals surface area contributed by atoms with Gasteiger partial charge in [0.2, 0.25) is 0 Å². The number of aromatic nitrogens is 4. The highest BCUT2D eigenvalue weighted by Gasteiger charge is 2.37. The lowest BCUT2D eigenvalue weighted by Crippen LogP contribution is -2.15. The van der Waals surface area contributed by atoms with Crippen molar-refractivity contribution in [3.63, 3.8) is 0 Å². The molecule has 0 radical (unpaired) electrons. The van der Waals surface area contributed by atoms with E-state index >= 15 is 0 Å². The van der Waals surface area contributed by atoms with E-state index in [4.69, 9.17) is 19.9 Å². The summed E-state index contributed by atoms with van der Waals surface area (Å²) in [5.74, 6) is 1.47. The predicted octanol–water partition coefficient (Wildman–Crippen LogP) is 10.5. The van der Waals surface area contributed by atoms with Crippen LogP contribution >= 0.6 is 0 Å². The van der Waals surface area contributed by atoms with E-state index in [-0.39, 0.29) is 5.41 Å². The summed E-state index contributed by atoms with van der Waals surface area (Å²) in [5, 5.41) is 2.09. The molecule has 4 heteroatoms. The average molecular weight is 603 g/mol. The third-order valence-corrected chi connectivity index (χ3v) is 9.50. The zero-order valence-electron chi connectivity index (χ0n) is 26.1. The van der Waals surface area contributed by atoms with Crippen LogP contribution in [0, 0.1) is 0 Å². The molecule has 222 valence electrons. The van der Waals surface area contributed by atoms with Gasteiger partial charge in [0.05, 0.1) is 22.4 Å². The molecule has 0 aliphatic heterocycles. The van der Waals surface area contributed by atoms with Crippen molar-refractivity contribution >= 4 is 21.8 Å². The Morgan fingerprint density at radius 2 is 0.979 bits per heavy atom. The summed E-state index contributed by atoms with van der Waals surface area (Å²) in [7, 11) is 0. The van der Waals surface area contributed by atoms with E-state index in [1.165, 1.54) is 22.3 Å². The number of hydrogen-bond donors (Lipinski definition) is 0. The largest absolute Gasteiger partial charge is 0.228 e. The summed E-state index contributed by atoms with van der Waals surface area (Å²) in [4.78, 5) is 20.5. The van der Waals surface area contributed by atoms with Crippen molar-refractivity contribution in [2.75, 3.05) is 0 Å². The summed E-state index contributed by atoms with van der Waals surface area (Å²) in [6, 6.07) is 50.6. The Hall–Kier alpha value is -6.00. The number of rotatable bonds is 4. The highest BCUT2D eigenvalue weighted by molar-refractivity contribution is 5.98. The molecule has 0 atom stereocenters. The SMILES string of the molecule is CC1(C)c2cc(-c3nc(-c4ccccc4)nc4ccccc34)ccc2-c2c(-c3nc(-c4ccccc4)c4ccccc4n3)cccc21. The third-order valence-electron chi connectivity index (χ3n) is 9.50. The molecule has 1 aliphatic carbocycles. The minimum absolute atomic E-state index is 0.235. The first kappa shape index (κ1) is 27.3. The van der Waals surface area contributed by atoms with Crippen LogP contribution in [0.5, 0.6) is 0 Å². The number of fused-ring (bicyclic) bond motifs is 5. The second kappa shape index (κ2) is 10.5. The van der Waals surface area contributed by atoms with Gasteiger partial charge in [-0.3, -0.25) is 0 Å². The highest BCUT2D eigenvalue weighted by atomic mass is 14.9. The first-order chi connectivity index (χ1) is 23.1. The second-order valence-electron chi connectivity index (χ2n) is 12.7. The van der Waals surface area contributed by atoms with E-state index in [9.17, 15) is 0 Å². The summed E-state index contributed by atoms with van der Waals surface area (Å²) < 4.78 is 0. The number of benzene rings is 6. The molecule has 0 bridgehead atoms. The van der Waals surface area contributed by atoms with Gasteiger partial charge in [0.1, 0.15) is 0 Å². The van der Waals surface area contributed by atoms with Crippen molar-refractivity contribution in [3.8, 4) is 56.4 Å². The Morgan fingerprint density at radius 1 is 0.404 bits per heavy atom.